The van der Waals surface area contributed by atoms with Gasteiger partial charge in [-0.3, -0.25) is 4.79 Å². The predicted molar refractivity (Wildman–Crippen MR) is 44.3 cm³/mol. The minimum atomic E-state index is 0.234. The summed E-state index contributed by atoms with van der Waals surface area (Å²) in [7, 11) is 0. The molecule has 1 heterocycles. The summed E-state index contributed by atoms with van der Waals surface area (Å²) in [5.74, 6) is 0.234. The summed E-state index contributed by atoms with van der Waals surface area (Å²) in [6.07, 6.45) is 1.10. The Hall–Kier alpha value is -0.570. The third-order valence-electron chi connectivity index (χ3n) is 2.21. The van der Waals surface area contributed by atoms with Gasteiger partial charge in [0.15, 0.2) is 0 Å². The van der Waals surface area contributed by atoms with Crippen LogP contribution in [0.15, 0.2) is 0 Å². The van der Waals surface area contributed by atoms with Gasteiger partial charge in [0.1, 0.15) is 0 Å². The van der Waals surface area contributed by atoms with Crippen LogP contribution in [0.1, 0.15) is 20.3 Å². The number of carbonyl (C=O) groups excluding carboxylic acids is 1. The molecule has 0 aromatic rings. The summed E-state index contributed by atoms with van der Waals surface area (Å²) in [5, 5.41) is 3.19. The van der Waals surface area contributed by atoms with E-state index in [1.807, 2.05) is 11.8 Å². The normalized spacial score (nSPS) is 25.8. The summed E-state index contributed by atoms with van der Waals surface area (Å²) < 4.78 is 0. The van der Waals surface area contributed by atoms with Crippen LogP contribution in [0.5, 0.6) is 0 Å². The zero-order valence-corrected chi connectivity index (χ0v) is 7.26. The Morgan fingerprint density at radius 3 is 2.91 bits per heavy atom. The van der Waals surface area contributed by atoms with Gasteiger partial charge in [0.05, 0.1) is 6.54 Å². The first-order valence-electron chi connectivity index (χ1n) is 4.29. The topological polar surface area (TPSA) is 32.3 Å². The number of carbonyl (C=O) groups is 1. The summed E-state index contributed by atoms with van der Waals surface area (Å²) >= 11 is 0. The third-order valence-corrected chi connectivity index (χ3v) is 2.21. The Morgan fingerprint density at radius 1 is 1.64 bits per heavy atom. The lowest BCUT2D eigenvalue weighted by Crippen LogP contribution is -2.53. The fourth-order valence-electron chi connectivity index (χ4n) is 1.35. The second kappa shape index (κ2) is 3.72. The Balaban J connectivity index is 2.44. The van der Waals surface area contributed by atoms with Gasteiger partial charge in [0.25, 0.3) is 0 Å². The lowest BCUT2D eigenvalue weighted by Gasteiger charge is -2.32. The van der Waals surface area contributed by atoms with E-state index in [9.17, 15) is 4.79 Å². The van der Waals surface area contributed by atoms with Crippen molar-refractivity contribution in [1.29, 1.82) is 0 Å². The first kappa shape index (κ1) is 8.53. The van der Waals surface area contributed by atoms with Crippen molar-refractivity contribution in [2.75, 3.05) is 19.6 Å². The van der Waals surface area contributed by atoms with Crippen molar-refractivity contribution in [2.45, 2.75) is 26.3 Å². The molecule has 1 unspecified atom stereocenters. The summed E-state index contributed by atoms with van der Waals surface area (Å²) in [5.41, 5.74) is 0. The van der Waals surface area contributed by atoms with Crippen LogP contribution in [-0.2, 0) is 4.79 Å². The maximum atomic E-state index is 11.2. The van der Waals surface area contributed by atoms with E-state index >= 15 is 0 Å². The molecule has 1 atom stereocenters. The second-order valence-electron chi connectivity index (χ2n) is 2.92. The highest BCUT2D eigenvalue weighted by molar-refractivity contribution is 5.79. The Labute approximate surface area is 67.8 Å². The monoisotopic (exact) mass is 156 g/mol. The van der Waals surface area contributed by atoms with Crippen LogP contribution in [0.4, 0.5) is 0 Å². The van der Waals surface area contributed by atoms with E-state index in [1.165, 1.54) is 0 Å². The molecular weight excluding hydrogens is 140 g/mol. The van der Waals surface area contributed by atoms with Crippen molar-refractivity contribution in [1.82, 2.24) is 10.2 Å². The molecule has 1 saturated heterocycles. The molecule has 11 heavy (non-hydrogen) atoms. The van der Waals surface area contributed by atoms with E-state index in [4.69, 9.17) is 0 Å². The van der Waals surface area contributed by atoms with E-state index in [0.717, 1.165) is 19.5 Å². The average Bonchev–Trinajstić information content (AvgIpc) is 2.05. The minimum Gasteiger partial charge on any atom is -0.340 e. The SMILES string of the molecule is CCC1CN(CC)C(=O)CN1. The molecule has 0 radical (unpaired) electrons. The van der Waals surface area contributed by atoms with E-state index in [-0.39, 0.29) is 5.91 Å². The van der Waals surface area contributed by atoms with Gasteiger partial charge < -0.3 is 10.2 Å². The largest absolute Gasteiger partial charge is 0.340 e. The van der Waals surface area contributed by atoms with E-state index in [1.54, 1.807) is 0 Å². The minimum absolute atomic E-state index is 0.234. The van der Waals surface area contributed by atoms with E-state index < -0.39 is 0 Å². The number of hydrogen-bond donors (Lipinski definition) is 1. The van der Waals surface area contributed by atoms with Gasteiger partial charge in [-0.05, 0) is 13.3 Å². The maximum Gasteiger partial charge on any atom is 0.236 e. The molecule has 1 aliphatic rings. The van der Waals surface area contributed by atoms with Crippen molar-refractivity contribution < 1.29 is 4.79 Å². The van der Waals surface area contributed by atoms with Gasteiger partial charge in [-0.25, -0.2) is 0 Å². The number of amides is 1. The molecule has 1 N–H and O–H groups in total. The molecule has 1 aliphatic heterocycles. The first-order valence-corrected chi connectivity index (χ1v) is 4.29. The first-order chi connectivity index (χ1) is 5.27. The highest BCUT2D eigenvalue weighted by Crippen LogP contribution is 2.02. The second-order valence-corrected chi connectivity index (χ2v) is 2.92. The molecular formula is C8H16N2O. The van der Waals surface area contributed by atoms with Crippen LogP contribution in [0.2, 0.25) is 0 Å². The summed E-state index contributed by atoms with van der Waals surface area (Å²) in [6, 6.07) is 0.507. The highest BCUT2D eigenvalue weighted by atomic mass is 16.2. The number of rotatable bonds is 2. The van der Waals surface area contributed by atoms with Crippen LogP contribution in [-0.4, -0.2) is 36.5 Å². The Morgan fingerprint density at radius 2 is 2.36 bits per heavy atom. The highest BCUT2D eigenvalue weighted by Gasteiger charge is 2.21. The fraction of sp³-hybridized carbons (Fsp3) is 0.875. The van der Waals surface area contributed by atoms with Gasteiger partial charge in [0, 0.05) is 19.1 Å². The molecule has 0 bridgehead atoms. The van der Waals surface area contributed by atoms with Crippen LogP contribution >= 0.6 is 0 Å². The van der Waals surface area contributed by atoms with Gasteiger partial charge in [-0.15, -0.1) is 0 Å². The van der Waals surface area contributed by atoms with Crippen molar-refractivity contribution in [3.8, 4) is 0 Å². The average molecular weight is 156 g/mol. The number of piperazine rings is 1. The molecule has 0 saturated carbocycles. The zero-order valence-electron chi connectivity index (χ0n) is 7.26. The molecule has 0 spiro atoms. The molecule has 0 aromatic carbocycles. The van der Waals surface area contributed by atoms with E-state index in [2.05, 4.69) is 12.2 Å². The predicted octanol–water partition coefficient (Wildman–Crippen LogP) is 0.217. The lowest BCUT2D eigenvalue weighted by molar-refractivity contribution is -0.132. The Kier molecular flexibility index (Phi) is 2.88. The lowest BCUT2D eigenvalue weighted by atomic mass is 10.1. The molecule has 64 valence electrons. The smallest absolute Gasteiger partial charge is 0.236 e. The fourth-order valence-corrected chi connectivity index (χ4v) is 1.35. The van der Waals surface area contributed by atoms with Crippen molar-refractivity contribution in [3.05, 3.63) is 0 Å². The molecule has 0 aliphatic carbocycles. The quantitative estimate of drug-likeness (QED) is 0.620. The molecule has 1 fully saturated rings. The third kappa shape index (κ3) is 1.93. The van der Waals surface area contributed by atoms with Gasteiger partial charge in [0.2, 0.25) is 5.91 Å². The van der Waals surface area contributed by atoms with Gasteiger partial charge >= 0.3 is 0 Å². The zero-order chi connectivity index (χ0) is 8.27. The van der Waals surface area contributed by atoms with Gasteiger partial charge in [-0.2, -0.15) is 0 Å². The van der Waals surface area contributed by atoms with Crippen LogP contribution in [0.3, 0.4) is 0 Å². The standard InChI is InChI=1S/C8H16N2O/c1-3-7-6-10(4-2)8(11)5-9-7/h7,9H,3-6H2,1-2H3. The molecule has 0 aromatic heterocycles. The van der Waals surface area contributed by atoms with Crippen LogP contribution in [0, 0.1) is 0 Å². The van der Waals surface area contributed by atoms with Crippen LogP contribution in [0.25, 0.3) is 0 Å². The van der Waals surface area contributed by atoms with Crippen LogP contribution < -0.4 is 5.32 Å². The number of likely N-dealkylation sites (N-methyl/N-ethyl adjacent to an activating group) is 1. The van der Waals surface area contributed by atoms with Crippen molar-refractivity contribution >= 4 is 5.91 Å². The molecule has 1 amide bonds. The number of nitrogens with one attached hydrogen (secondary N) is 1. The molecule has 1 rings (SSSR count). The molecule has 3 heteroatoms. The van der Waals surface area contributed by atoms with E-state index in [0.29, 0.717) is 12.6 Å². The van der Waals surface area contributed by atoms with Gasteiger partial charge in [-0.1, -0.05) is 6.92 Å². The number of hydrogen-bond acceptors (Lipinski definition) is 2. The van der Waals surface area contributed by atoms with Crippen molar-refractivity contribution in [2.24, 2.45) is 0 Å². The molecule has 3 nitrogen and oxygen atoms in total. The Bertz CT molecular complexity index is 147. The summed E-state index contributed by atoms with van der Waals surface area (Å²) in [6.45, 7) is 6.41. The number of nitrogens with zero attached hydrogens (tertiary/aromatic N) is 1. The van der Waals surface area contributed by atoms with Crippen molar-refractivity contribution in [3.63, 3.8) is 0 Å². The maximum absolute atomic E-state index is 11.2. The summed E-state index contributed by atoms with van der Waals surface area (Å²) in [4.78, 5) is 13.1.